The molecule has 0 spiro atoms. The van der Waals surface area contributed by atoms with E-state index in [1.54, 1.807) is 25.1 Å². The Balaban J connectivity index is 1.96. The average molecular weight is 392 g/mol. The molecule has 1 amide bonds. The summed E-state index contributed by atoms with van der Waals surface area (Å²) in [6.07, 6.45) is 2.12. The highest BCUT2D eigenvalue weighted by Gasteiger charge is 2.30. The van der Waals surface area contributed by atoms with Crippen LogP contribution in [-0.2, 0) is 16.1 Å². The van der Waals surface area contributed by atoms with E-state index in [2.05, 4.69) is 16.4 Å². The van der Waals surface area contributed by atoms with Gasteiger partial charge in [0.25, 0.3) is 5.56 Å². The van der Waals surface area contributed by atoms with Crippen LogP contribution in [0.15, 0.2) is 29.1 Å². The van der Waals surface area contributed by atoms with Gasteiger partial charge in [0.15, 0.2) is 5.78 Å². The van der Waals surface area contributed by atoms with Gasteiger partial charge in [-0.2, -0.15) is 5.26 Å². The van der Waals surface area contributed by atoms with E-state index < -0.39 is 0 Å². The second-order valence-electron chi connectivity index (χ2n) is 7.89. The number of amides is 1. The van der Waals surface area contributed by atoms with Crippen LogP contribution in [0.25, 0.3) is 11.3 Å². The molecule has 1 heterocycles. The van der Waals surface area contributed by atoms with Crippen molar-refractivity contribution in [3.8, 4) is 17.3 Å². The molecule has 0 bridgehead atoms. The molecule has 7 heteroatoms. The molecule has 2 aromatic rings. The highest BCUT2D eigenvalue weighted by Crippen LogP contribution is 2.33. The molecule has 1 fully saturated rings. The number of benzene rings is 1. The van der Waals surface area contributed by atoms with Crippen LogP contribution in [0.4, 0.5) is 5.69 Å². The molecule has 3 rings (SSSR count). The van der Waals surface area contributed by atoms with Crippen molar-refractivity contribution in [2.24, 2.45) is 11.8 Å². The van der Waals surface area contributed by atoms with Crippen molar-refractivity contribution >= 4 is 17.4 Å². The van der Waals surface area contributed by atoms with Crippen molar-refractivity contribution in [1.82, 2.24) is 9.55 Å². The number of aromatic nitrogens is 2. The number of carbonyl (C=O) groups is 2. The number of nitriles is 1. The largest absolute Gasteiger partial charge is 0.325 e. The maximum absolute atomic E-state index is 12.7. The van der Waals surface area contributed by atoms with Gasteiger partial charge in [-0.15, -0.1) is 0 Å². The van der Waals surface area contributed by atoms with Crippen LogP contribution in [-0.4, -0.2) is 21.2 Å². The third kappa shape index (κ3) is 4.96. The first-order valence-electron chi connectivity index (χ1n) is 9.74. The number of Topliss-reactive ketones (excluding diaryl/α,β-unsaturated/α-hetero) is 1. The van der Waals surface area contributed by atoms with E-state index >= 15 is 0 Å². The van der Waals surface area contributed by atoms with Crippen LogP contribution >= 0.6 is 0 Å². The summed E-state index contributed by atoms with van der Waals surface area (Å²) in [5, 5.41) is 12.0. The minimum atomic E-state index is -0.326. The Morgan fingerprint density at radius 3 is 2.62 bits per heavy atom. The Bertz CT molecular complexity index is 1060. The summed E-state index contributed by atoms with van der Waals surface area (Å²) in [4.78, 5) is 41.5. The third-order valence-corrected chi connectivity index (χ3v) is 4.80. The topological polar surface area (TPSA) is 105 Å². The fourth-order valence-corrected chi connectivity index (χ4v) is 3.17. The molecular weight excluding hydrogens is 368 g/mol. The Hall–Kier alpha value is -3.27. The summed E-state index contributed by atoms with van der Waals surface area (Å²) >= 11 is 0. The van der Waals surface area contributed by atoms with Gasteiger partial charge in [-0.1, -0.05) is 13.8 Å². The van der Waals surface area contributed by atoms with Crippen LogP contribution in [0.1, 0.15) is 44.5 Å². The summed E-state index contributed by atoms with van der Waals surface area (Å²) in [5.41, 5.74) is 1.51. The van der Waals surface area contributed by atoms with Gasteiger partial charge >= 0.3 is 0 Å². The second kappa shape index (κ2) is 8.39. The zero-order valence-corrected chi connectivity index (χ0v) is 16.9. The molecular formula is C22H24N4O3. The van der Waals surface area contributed by atoms with Crippen LogP contribution in [0.5, 0.6) is 0 Å². The average Bonchev–Trinajstić information content (AvgIpc) is 3.49. The normalized spacial score (nSPS) is 13.2. The second-order valence-corrected chi connectivity index (χ2v) is 7.89. The molecule has 1 aromatic carbocycles. The van der Waals surface area contributed by atoms with E-state index in [0.29, 0.717) is 34.8 Å². The monoisotopic (exact) mass is 392 g/mol. The van der Waals surface area contributed by atoms with E-state index in [-0.39, 0.29) is 35.6 Å². The molecule has 1 aliphatic carbocycles. The Labute approximate surface area is 169 Å². The number of carbonyl (C=O) groups excluding carboxylic acids is 2. The van der Waals surface area contributed by atoms with Crippen molar-refractivity contribution < 1.29 is 9.59 Å². The molecule has 7 nitrogen and oxygen atoms in total. The van der Waals surface area contributed by atoms with E-state index in [4.69, 9.17) is 0 Å². The lowest BCUT2D eigenvalue weighted by atomic mass is 10.1. The highest BCUT2D eigenvalue weighted by molar-refractivity contribution is 5.97. The predicted octanol–water partition coefficient (Wildman–Crippen LogP) is 3.05. The lowest BCUT2D eigenvalue weighted by Crippen LogP contribution is -2.27. The van der Waals surface area contributed by atoms with Crippen LogP contribution < -0.4 is 10.9 Å². The molecule has 0 unspecified atom stereocenters. The maximum atomic E-state index is 12.7. The predicted molar refractivity (Wildman–Crippen MR) is 109 cm³/mol. The number of rotatable bonds is 7. The van der Waals surface area contributed by atoms with E-state index in [9.17, 15) is 19.6 Å². The fraction of sp³-hybridized carbons (Fsp3) is 0.409. The Morgan fingerprint density at radius 2 is 2.03 bits per heavy atom. The van der Waals surface area contributed by atoms with Crippen LogP contribution in [0.3, 0.4) is 0 Å². The quantitative estimate of drug-likeness (QED) is 0.780. The van der Waals surface area contributed by atoms with Gasteiger partial charge < -0.3 is 5.32 Å². The summed E-state index contributed by atoms with van der Waals surface area (Å²) in [7, 11) is 0. The first-order chi connectivity index (χ1) is 13.8. The first kappa shape index (κ1) is 20.5. The molecule has 1 aromatic heterocycles. The number of ketones is 1. The zero-order chi connectivity index (χ0) is 21.1. The summed E-state index contributed by atoms with van der Waals surface area (Å²) in [6, 6.07) is 8.31. The van der Waals surface area contributed by atoms with Gasteiger partial charge in [0.05, 0.1) is 29.6 Å². The maximum Gasteiger partial charge on any atom is 0.254 e. The van der Waals surface area contributed by atoms with Crippen molar-refractivity contribution in [1.29, 1.82) is 5.26 Å². The van der Waals surface area contributed by atoms with Gasteiger partial charge in [-0.3, -0.25) is 19.0 Å². The van der Waals surface area contributed by atoms with Crippen molar-refractivity contribution in [2.45, 2.75) is 46.6 Å². The van der Waals surface area contributed by atoms with Gasteiger partial charge in [0.2, 0.25) is 5.91 Å². The lowest BCUT2D eigenvalue weighted by Gasteiger charge is -2.14. The van der Waals surface area contributed by atoms with Gasteiger partial charge in [0.1, 0.15) is 5.82 Å². The third-order valence-electron chi connectivity index (χ3n) is 4.80. The number of nitrogens with one attached hydrogen (secondary N) is 1. The summed E-state index contributed by atoms with van der Waals surface area (Å²) in [6.45, 7) is 5.59. The Morgan fingerprint density at radius 1 is 1.31 bits per heavy atom. The van der Waals surface area contributed by atoms with Crippen molar-refractivity contribution in [3.63, 3.8) is 0 Å². The molecule has 0 atom stereocenters. The molecule has 0 aliphatic heterocycles. The molecule has 29 heavy (non-hydrogen) atoms. The SMILES string of the molecule is Cc1nc(-c2ccc(C#N)cc2NC(=O)C2CC2)cc(=O)n1CC(=O)CC(C)C. The minimum Gasteiger partial charge on any atom is -0.325 e. The smallest absolute Gasteiger partial charge is 0.254 e. The van der Waals surface area contributed by atoms with Gasteiger partial charge in [-0.05, 0) is 43.9 Å². The molecule has 1 N–H and O–H groups in total. The van der Waals surface area contributed by atoms with Crippen LogP contribution in [0, 0.1) is 30.1 Å². The first-order valence-corrected chi connectivity index (χ1v) is 9.74. The van der Waals surface area contributed by atoms with E-state index in [1.807, 2.05) is 13.8 Å². The number of nitrogens with zero attached hydrogens (tertiary/aromatic N) is 3. The van der Waals surface area contributed by atoms with Crippen molar-refractivity contribution in [3.05, 3.63) is 46.0 Å². The minimum absolute atomic E-state index is 0.00302. The molecule has 1 aliphatic rings. The number of hydrogen-bond donors (Lipinski definition) is 1. The summed E-state index contributed by atoms with van der Waals surface area (Å²) in [5.74, 6) is 0.542. The number of hydrogen-bond acceptors (Lipinski definition) is 5. The van der Waals surface area contributed by atoms with E-state index in [1.165, 1.54) is 10.6 Å². The van der Waals surface area contributed by atoms with E-state index in [0.717, 1.165) is 12.8 Å². The number of aryl methyl sites for hydroxylation is 1. The molecule has 150 valence electrons. The molecule has 0 saturated heterocycles. The Kier molecular flexibility index (Phi) is 5.92. The zero-order valence-electron chi connectivity index (χ0n) is 16.9. The number of anilines is 1. The van der Waals surface area contributed by atoms with Gasteiger partial charge in [-0.25, -0.2) is 4.98 Å². The molecule has 1 saturated carbocycles. The fourth-order valence-electron chi connectivity index (χ4n) is 3.17. The molecule has 0 radical (unpaired) electrons. The van der Waals surface area contributed by atoms with Gasteiger partial charge in [0, 0.05) is 24.0 Å². The highest BCUT2D eigenvalue weighted by atomic mass is 16.2. The van der Waals surface area contributed by atoms with Crippen molar-refractivity contribution in [2.75, 3.05) is 5.32 Å². The standard InChI is InChI=1S/C22H24N4O3/c1-13(2)8-17(27)12-26-14(3)24-20(10-21(26)28)18-7-4-15(11-23)9-19(18)25-22(29)16-5-6-16/h4,7,9-10,13,16H,5-6,8,12H2,1-3H3,(H,25,29). The summed E-state index contributed by atoms with van der Waals surface area (Å²) < 4.78 is 1.36. The lowest BCUT2D eigenvalue weighted by molar-refractivity contribution is -0.120. The van der Waals surface area contributed by atoms with Crippen LogP contribution in [0.2, 0.25) is 0 Å².